The predicted octanol–water partition coefficient (Wildman–Crippen LogP) is 3.63. The van der Waals surface area contributed by atoms with Crippen molar-refractivity contribution < 1.29 is 32.3 Å². The molecular formula is C16H10F3NO4. The van der Waals surface area contributed by atoms with E-state index in [1.165, 1.54) is 12.3 Å². The van der Waals surface area contributed by atoms with Crippen LogP contribution in [0.15, 0.2) is 47.6 Å². The van der Waals surface area contributed by atoms with Gasteiger partial charge in [0, 0.05) is 5.56 Å². The third-order valence-corrected chi connectivity index (χ3v) is 3.16. The highest BCUT2D eigenvalue weighted by Gasteiger charge is 2.31. The van der Waals surface area contributed by atoms with Gasteiger partial charge < -0.3 is 14.3 Å². The Kier molecular flexibility index (Phi) is 4.11. The van der Waals surface area contributed by atoms with Gasteiger partial charge in [0.05, 0.1) is 17.3 Å². The molecule has 24 heavy (non-hydrogen) atoms. The Balaban J connectivity index is 1.67. The quantitative estimate of drug-likeness (QED) is 0.488. The van der Waals surface area contributed by atoms with Crippen LogP contribution in [0.3, 0.4) is 0 Å². The SMILES string of the molecule is O=C(ON=Cc1ccc2c(c1)OCO2)c1cccc(C(F)(F)F)c1. The van der Waals surface area contributed by atoms with E-state index in [0.29, 0.717) is 23.1 Å². The van der Waals surface area contributed by atoms with Crippen LogP contribution >= 0.6 is 0 Å². The number of carbonyl (C=O) groups excluding carboxylic acids is 1. The number of benzene rings is 2. The van der Waals surface area contributed by atoms with E-state index in [1.807, 2.05) is 0 Å². The summed E-state index contributed by atoms with van der Waals surface area (Å²) in [5.74, 6) is 0.134. The molecule has 0 aliphatic carbocycles. The first-order valence-corrected chi connectivity index (χ1v) is 6.75. The van der Waals surface area contributed by atoms with Crippen molar-refractivity contribution in [1.82, 2.24) is 0 Å². The van der Waals surface area contributed by atoms with Crippen LogP contribution < -0.4 is 9.47 Å². The number of oxime groups is 1. The van der Waals surface area contributed by atoms with Crippen molar-refractivity contribution in [2.75, 3.05) is 6.79 Å². The van der Waals surface area contributed by atoms with E-state index < -0.39 is 17.7 Å². The first-order valence-electron chi connectivity index (χ1n) is 6.75. The summed E-state index contributed by atoms with van der Waals surface area (Å²) < 4.78 is 48.2. The van der Waals surface area contributed by atoms with Gasteiger partial charge in [-0.05, 0) is 36.4 Å². The zero-order valence-corrected chi connectivity index (χ0v) is 12.0. The van der Waals surface area contributed by atoms with Gasteiger partial charge in [-0.25, -0.2) is 4.79 Å². The number of fused-ring (bicyclic) bond motifs is 1. The molecule has 3 rings (SSSR count). The monoisotopic (exact) mass is 337 g/mol. The molecular weight excluding hydrogens is 327 g/mol. The van der Waals surface area contributed by atoms with Gasteiger partial charge in [0.15, 0.2) is 11.5 Å². The second-order valence-electron chi connectivity index (χ2n) is 4.80. The average Bonchev–Trinajstić information content (AvgIpc) is 3.02. The van der Waals surface area contributed by atoms with E-state index in [1.54, 1.807) is 18.2 Å². The van der Waals surface area contributed by atoms with Gasteiger partial charge >= 0.3 is 12.1 Å². The van der Waals surface area contributed by atoms with Gasteiger partial charge in [0.1, 0.15) is 0 Å². The van der Waals surface area contributed by atoms with Crippen molar-refractivity contribution in [1.29, 1.82) is 0 Å². The summed E-state index contributed by atoms with van der Waals surface area (Å²) >= 11 is 0. The van der Waals surface area contributed by atoms with E-state index in [2.05, 4.69) is 9.99 Å². The number of carbonyl (C=O) groups is 1. The van der Waals surface area contributed by atoms with Gasteiger partial charge in [0.2, 0.25) is 6.79 Å². The maximum absolute atomic E-state index is 12.6. The van der Waals surface area contributed by atoms with Crippen LogP contribution in [0.1, 0.15) is 21.5 Å². The molecule has 0 bridgehead atoms. The largest absolute Gasteiger partial charge is 0.454 e. The van der Waals surface area contributed by atoms with Crippen molar-refractivity contribution in [3.05, 3.63) is 59.2 Å². The molecule has 0 aromatic heterocycles. The molecule has 1 aliphatic heterocycles. The second kappa shape index (κ2) is 6.23. The molecule has 0 spiro atoms. The van der Waals surface area contributed by atoms with Crippen molar-refractivity contribution in [3.63, 3.8) is 0 Å². The molecule has 5 nitrogen and oxygen atoms in total. The van der Waals surface area contributed by atoms with Gasteiger partial charge in [-0.1, -0.05) is 11.2 Å². The Morgan fingerprint density at radius 3 is 2.71 bits per heavy atom. The highest BCUT2D eigenvalue weighted by Crippen LogP contribution is 2.32. The Labute approximate surface area is 134 Å². The number of hydrogen-bond donors (Lipinski definition) is 0. The molecule has 2 aromatic rings. The topological polar surface area (TPSA) is 57.1 Å². The average molecular weight is 337 g/mol. The minimum Gasteiger partial charge on any atom is -0.454 e. The van der Waals surface area contributed by atoms with Crippen molar-refractivity contribution in [3.8, 4) is 11.5 Å². The molecule has 1 aliphatic rings. The summed E-state index contributed by atoms with van der Waals surface area (Å²) in [5.41, 5.74) is -0.597. The molecule has 0 atom stereocenters. The molecule has 0 saturated carbocycles. The van der Waals surface area contributed by atoms with Crippen LogP contribution in [0.25, 0.3) is 0 Å². The van der Waals surface area contributed by atoms with E-state index in [0.717, 1.165) is 12.1 Å². The van der Waals surface area contributed by atoms with Gasteiger partial charge in [-0.3, -0.25) is 0 Å². The van der Waals surface area contributed by atoms with Crippen LogP contribution in [-0.2, 0) is 11.0 Å². The molecule has 0 amide bonds. The summed E-state index contributed by atoms with van der Waals surface area (Å²) in [4.78, 5) is 16.4. The number of ether oxygens (including phenoxy) is 2. The van der Waals surface area contributed by atoms with Crippen molar-refractivity contribution in [2.24, 2.45) is 5.16 Å². The second-order valence-corrected chi connectivity index (χ2v) is 4.80. The lowest BCUT2D eigenvalue weighted by molar-refractivity contribution is -0.137. The smallest absolute Gasteiger partial charge is 0.416 e. The molecule has 0 radical (unpaired) electrons. The Bertz CT molecular complexity index is 802. The number of alkyl halides is 3. The molecule has 0 unspecified atom stereocenters. The summed E-state index contributed by atoms with van der Waals surface area (Å²) in [6, 6.07) is 8.87. The Morgan fingerprint density at radius 2 is 1.92 bits per heavy atom. The van der Waals surface area contributed by atoms with E-state index in [9.17, 15) is 18.0 Å². The Morgan fingerprint density at radius 1 is 1.12 bits per heavy atom. The van der Waals surface area contributed by atoms with Crippen LogP contribution in [0.2, 0.25) is 0 Å². The lowest BCUT2D eigenvalue weighted by Crippen LogP contribution is -2.08. The van der Waals surface area contributed by atoms with Crippen LogP contribution in [0.4, 0.5) is 13.2 Å². The number of hydrogen-bond acceptors (Lipinski definition) is 5. The molecule has 2 aromatic carbocycles. The fourth-order valence-electron chi connectivity index (χ4n) is 2.00. The number of nitrogens with zero attached hydrogens (tertiary/aromatic N) is 1. The fraction of sp³-hybridized carbons (Fsp3) is 0.125. The molecule has 0 fully saturated rings. The molecule has 1 heterocycles. The van der Waals surface area contributed by atoms with Crippen molar-refractivity contribution >= 4 is 12.2 Å². The summed E-state index contributed by atoms with van der Waals surface area (Å²) in [6.45, 7) is 0.125. The van der Waals surface area contributed by atoms with Gasteiger partial charge in [0.25, 0.3) is 0 Å². The lowest BCUT2D eigenvalue weighted by atomic mass is 10.1. The highest BCUT2D eigenvalue weighted by molar-refractivity contribution is 5.90. The Hall–Kier alpha value is -3.03. The van der Waals surface area contributed by atoms with Crippen LogP contribution in [-0.4, -0.2) is 19.0 Å². The summed E-state index contributed by atoms with van der Waals surface area (Å²) in [6.07, 6.45) is -3.29. The molecule has 8 heteroatoms. The normalized spacial score (nSPS) is 13.3. The van der Waals surface area contributed by atoms with E-state index in [-0.39, 0.29) is 12.4 Å². The van der Waals surface area contributed by atoms with Gasteiger partial charge in [-0.15, -0.1) is 0 Å². The zero-order chi connectivity index (χ0) is 17.2. The maximum atomic E-state index is 12.6. The molecule has 0 saturated heterocycles. The zero-order valence-electron chi connectivity index (χ0n) is 12.0. The third kappa shape index (κ3) is 3.48. The standard InChI is InChI=1S/C16H10F3NO4/c17-16(18,19)12-3-1-2-11(7-12)15(21)24-20-8-10-4-5-13-14(6-10)23-9-22-13/h1-8H,9H2. The number of halogens is 3. The molecule has 0 N–H and O–H groups in total. The predicted molar refractivity (Wildman–Crippen MR) is 77.0 cm³/mol. The highest BCUT2D eigenvalue weighted by atomic mass is 19.4. The fourth-order valence-corrected chi connectivity index (χ4v) is 2.00. The lowest BCUT2D eigenvalue weighted by Gasteiger charge is -2.07. The number of rotatable bonds is 3. The van der Waals surface area contributed by atoms with Crippen LogP contribution in [0.5, 0.6) is 11.5 Å². The van der Waals surface area contributed by atoms with Crippen LogP contribution in [0, 0.1) is 0 Å². The minimum atomic E-state index is -4.54. The first-order chi connectivity index (χ1) is 11.4. The van der Waals surface area contributed by atoms with E-state index in [4.69, 9.17) is 9.47 Å². The van der Waals surface area contributed by atoms with Crippen molar-refractivity contribution in [2.45, 2.75) is 6.18 Å². The minimum absolute atomic E-state index is 0.125. The first kappa shape index (κ1) is 15.9. The maximum Gasteiger partial charge on any atom is 0.416 e. The third-order valence-electron chi connectivity index (χ3n) is 3.16. The molecule has 124 valence electrons. The van der Waals surface area contributed by atoms with E-state index >= 15 is 0 Å². The summed E-state index contributed by atoms with van der Waals surface area (Å²) in [7, 11) is 0. The van der Waals surface area contributed by atoms with Gasteiger partial charge in [-0.2, -0.15) is 13.2 Å². The summed E-state index contributed by atoms with van der Waals surface area (Å²) in [5, 5.41) is 3.48.